The fraction of sp³-hybridized carbons (Fsp3) is 0.429. The molecule has 0 saturated carbocycles. The number of aryl methyl sites for hydroxylation is 1. The maximum Gasteiger partial charge on any atom is 0.251 e. The Kier molecular flexibility index (Phi) is 5.14. The number of furan rings is 1. The fourth-order valence-electron chi connectivity index (χ4n) is 4.07. The van der Waals surface area contributed by atoms with Crippen molar-refractivity contribution in [2.75, 3.05) is 13.1 Å². The topological polar surface area (TPSA) is 77.5 Å². The van der Waals surface area contributed by atoms with Crippen LogP contribution in [0.3, 0.4) is 0 Å². The van der Waals surface area contributed by atoms with Crippen LogP contribution in [-0.2, 0) is 16.0 Å². The fourth-order valence-corrected chi connectivity index (χ4v) is 4.38. The lowest BCUT2D eigenvalue weighted by molar-refractivity contribution is -0.142. The van der Waals surface area contributed by atoms with Gasteiger partial charge in [-0.1, -0.05) is 30.4 Å². The lowest BCUT2D eigenvalue weighted by Gasteiger charge is -2.29. The zero-order chi connectivity index (χ0) is 19.7. The maximum atomic E-state index is 13.0. The quantitative estimate of drug-likeness (QED) is 0.744. The first-order valence-electron chi connectivity index (χ1n) is 9.58. The van der Waals surface area contributed by atoms with Crippen molar-refractivity contribution in [1.82, 2.24) is 9.80 Å². The van der Waals surface area contributed by atoms with Crippen molar-refractivity contribution in [1.29, 1.82) is 5.26 Å². The third kappa shape index (κ3) is 3.40. The zero-order valence-corrected chi connectivity index (χ0v) is 16.3. The minimum Gasteiger partial charge on any atom is -0.461 e. The van der Waals surface area contributed by atoms with Gasteiger partial charge in [0.2, 0.25) is 5.91 Å². The van der Waals surface area contributed by atoms with Crippen LogP contribution in [0.4, 0.5) is 0 Å². The van der Waals surface area contributed by atoms with Gasteiger partial charge < -0.3 is 14.2 Å². The molecule has 1 aromatic heterocycles. The number of rotatable bonds is 4. The Labute approximate surface area is 168 Å². The molecule has 1 aromatic carbocycles. The van der Waals surface area contributed by atoms with E-state index in [1.54, 1.807) is 9.80 Å². The summed E-state index contributed by atoms with van der Waals surface area (Å²) < 4.78 is 5.78. The number of carbonyl (C=O) groups excluding carboxylic acids is 2. The Hall–Kier alpha value is -2.72. The summed E-state index contributed by atoms with van der Waals surface area (Å²) in [6.07, 6.45) is 2.77. The van der Waals surface area contributed by atoms with Crippen molar-refractivity contribution >= 4 is 39.9 Å². The van der Waals surface area contributed by atoms with Crippen LogP contribution in [-0.4, -0.2) is 51.7 Å². The molecule has 6 nitrogen and oxygen atoms in total. The molecule has 2 atom stereocenters. The van der Waals surface area contributed by atoms with E-state index in [9.17, 15) is 14.9 Å². The number of amides is 2. The molecule has 3 heterocycles. The molecule has 7 heteroatoms. The molecule has 0 N–H and O–H groups in total. The van der Waals surface area contributed by atoms with Gasteiger partial charge in [-0.15, -0.1) is 0 Å². The molecule has 2 aliphatic heterocycles. The van der Waals surface area contributed by atoms with Gasteiger partial charge in [-0.3, -0.25) is 9.59 Å². The van der Waals surface area contributed by atoms with Gasteiger partial charge in [-0.2, -0.15) is 5.26 Å². The standard InChI is InChI=1S/C21H21N3O3S/c22-13-15-5-3-10-23(15)21(26)20-18(28)9-11-24(20)19(25)8-7-16-12-14-4-1-2-6-17(14)27-16/h1-2,4,6,12,15,20H,3,5,7-11H2/t15-,20-/m0/s1. The molecule has 28 heavy (non-hydrogen) atoms. The molecule has 2 amide bonds. The van der Waals surface area contributed by atoms with Crippen LogP contribution in [0.5, 0.6) is 0 Å². The Morgan fingerprint density at radius 1 is 1.25 bits per heavy atom. The molecule has 0 radical (unpaired) electrons. The smallest absolute Gasteiger partial charge is 0.251 e. The summed E-state index contributed by atoms with van der Waals surface area (Å²) >= 11 is 5.40. The van der Waals surface area contributed by atoms with Gasteiger partial charge in [0.1, 0.15) is 23.4 Å². The van der Waals surface area contributed by atoms with Crippen LogP contribution in [0, 0.1) is 11.3 Å². The largest absolute Gasteiger partial charge is 0.461 e. The van der Waals surface area contributed by atoms with E-state index < -0.39 is 12.1 Å². The molecule has 0 spiro atoms. The van der Waals surface area contributed by atoms with Gasteiger partial charge in [0, 0.05) is 36.2 Å². The van der Waals surface area contributed by atoms with Crippen molar-refractivity contribution in [3.63, 3.8) is 0 Å². The number of benzene rings is 1. The predicted molar refractivity (Wildman–Crippen MR) is 108 cm³/mol. The molecule has 0 aliphatic carbocycles. The average molecular weight is 395 g/mol. The van der Waals surface area contributed by atoms with E-state index in [1.807, 2.05) is 30.3 Å². The second kappa shape index (κ2) is 7.72. The Balaban J connectivity index is 1.44. The Morgan fingerprint density at radius 2 is 2.07 bits per heavy atom. The molecule has 2 aromatic rings. The number of fused-ring (bicyclic) bond motifs is 1. The predicted octanol–water partition coefficient (Wildman–Crippen LogP) is 2.85. The van der Waals surface area contributed by atoms with Gasteiger partial charge in [0.05, 0.1) is 6.07 Å². The van der Waals surface area contributed by atoms with Crippen molar-refractivity contribution in [2.24, 2.45) is 0 Å². The summed E-state index contributed by atoms with van der Waals surface area (Å²) in [5.41, 5.74) is 0.803. The van der Waals surface area contributed by atoms with Crippen molar-refractivity contribution in [2.45, 2.75) is 44.2 Å². The van der Waals surface area contributed by atoms with E-state index in [-0.39, 0.29) is 18.2 Å². The molecule has 144 valence electrons. The summed E-state index contributed by atoms with van der Waals surface area (Å²) in [5, 5.41) is 10.3. The highest BCUT2D eigenvalue weighted by Crippen LogP contribution is 2.25. The monoisotopic (exact) mass is 395 g/mol. The molecule has 2 fully saturated rings. The molecule has 0 unspecified atom stereocenters. The minimum atomic E-state index is -0.716. The summed E-state index contributed by atoms with van der Waals surface area (Å²) in [4.78, 5) is 29.6. The van der Waals surface area contributed by atoms with E-state index >= 15 is 0 Å². The molecule has 2 saturated heterocycles. The first kappa shape index (κ1) is 18.6. The number of carbonyl (C=O) groups is 2. The van der Waals surface area contributed by atoms with Crippen LogP contribution in [0.25, 0.3) is 11.0 Å². The molecule has 4 rings (SSSR count). The summed E-state index contributed by atoms with van der Waals surface area (Å²) in [5.74, 6) is 0.443. The van der Waals surface area contributed by atoms with Crippen LogP contribution in [0.1, 0.15) is 31.4 Å². The number of thiocarbonyl (C=S) groups is 1. The number of hydrogen-bond donors (Lipinski definition) is 0. The van der Waals surface area contributed by atoms with Gasteiger partial charge >= 0.3 is 0 Å². The lowest BCUT2D eigenvalue weighted by Crippen LogP contribution is -2.51. The van der Waals surface area contributed by atoms with E-state index in [2.05, 4.69) is 6.07 Å². The van der Waals surface area contributed by atoms with Crippen LogP contribution in [0.15, 0.2) is 34.7 Å². The second-order valence-electron chi connectivity index (χ2n) is 7.28. The van der Waals surface area contributed by atoms with Crippen LogP contribution < -0.4 is 0 Å². The van der Waals surface area contributed by atoms with E-state index in [4.69, 9.17) is 16.6 Å². The van der Waals surface area contributed by atoms with E-state index in [1.165, 1.54) is 0 Å². The molecule has 2 aliphatic rings. The Morgan fingerprint density at radius 3 is 2.86 bits per heavy atom. The number of likely N-dealkylation sites (tertiary alicyclic amines) is 2. The summed E-state index contributed by atoms with van der Waals surface area (Å²) in [6.45, 7) is 1.01. The van der Waals surface area contributed by atoms with Gasteiger partial charge in [-0.25, -0.2) is 0 Å². The van der Waals surface area contributed by atoms with Gasteiger partial charge in [-0.05, 0) is 31.4 Å². The average Bonchev–Trinajstić information content (AvgIpc) is 3.42. The highest BCUT2D eigenvalue weighted by molar-refractivity contribution is 7.80. The van der Waals surface area contributed by atoms with E-state index in [0.717, 1.165) is 23.2 Å². The summed E-state index contributed by atoms with van der Waals surface area (Å²) in [6, 6.07) is 10.7. The second-order valence-corrected chi connectivity index (χ2v) is 7.80. The first-order valence-corrected chi connectivity index (χ1v) is 9.99. The zero-order valence-electron chi connectivity index (χ0n) is 15.5. The highest BCUT2D eigenvalue weighted by Gasteiger charge is 2.42. The van der Waals surface area contributed by atoms with E-state index in [0.29, 0.717) is 37.2 Å². The minimum absolute atomic E-state index is 0.105. The SMILES string of the molecule is N#C[C@@H]1CCCN1C(=O)[C@@H]1C(=S)CCN1C(=O)CCc1cc2ccccc2o1. The maximum absolute atomic E-state index is 13.0. The lowest BCUT2D eigenvalue weighted by atomic mass is 10.1. The van der Waals surface area contributed by atoms with Crippen molar-refractivity contribution in [3.8, 4) is 6.07 Å². The van der Waals surface area contributed by atoms with Crippen LogP contribution >= 0.6 is 12.2 Å². The third-order valence-corrected chi connectivity index (χ3v) is 5.94. The molecule has 0 bridgehead atoms. The first-order chi connectivity index (χ1) is 13.6. The number of nitriles is 1. The van der Waals surface area contributed by atoms with Crippen molar-refractivity contribution in [3.05, 3.63) is 36.1 Å². The highest BCUT2D eigenvalue weighted by atomic mass is 32.1. The van der Waals surface area contributed by atoms with Gasteiger partial charge in [0.25, 0.3) is 5.91 Å². The Bertz CT molecular complexity index is 944. The number of nitrogens with zero attached hydrogens (tertiary/aromatic N) is 3. The molecular formula is C21H21N3O3S. The summed E-state index contributed by atoms with van der Waals surface area (Å²) in [7, 11) is 0. The normalized spacial score (nSPS) is 22.0. The van der Waals surface area contributed by atoms with Crippen LogP contribution in [0.2, 0.25) is 0 Å². The number of para-hydroxylation sites is 1. The molecular weight excluding hydrogens is 374 g/mol. The number of hydrogen-bond acceptors (Lipinski definition) is 5. The van der Waals surface area contributed by atoms with Gasteiger partial charge in [0.15, 0.2) is 0 Å². The van der Waals surface area contributed by atoms with Crippen molar-refractivity contribution < 1.29 is 14.0 Å². The third-order valence-electron chi connectivity index (χ3n) is 5.52.